The Kier molecular flexibility index (Phi) is 4.55. The number of rotatable bonds is 5. The Balaban J connectivity index is 1.77. The molecule has 0 unspecified atom stereocenters. The fraction of sp³-hybridized carbons (Fsp3) is 0.143. The molecular weight excluding hydrogens is 266 g/mol. The Morgan fingerprint density at radius 2 is 1.27 bits per heavy atom. The minimum absolute atomic E-state index is 1.04. The van der Waals surface area contributed by atoms with E-state index in [-0.39, 0.29) is 0 Å². The summed E-state index contributed by atoms with van der Waals surface area (Å²) in [5.74, 6) is 0. The van der Waals surface area contributed by atoms with Crippen molar-refractivity contribution >= 4 is 11.4 Å². The van der Waals surface area contributed by atoms with Crippen LogP contribution in [0.15, 0.2) is 78.9 Å². The van der Waals surface area contributed by atoms with E-state index in [0.717, 1.165) is 12.8 Å². The third-order valence-electron chi connectivity index (χ3n) is 3.96. The van der Waals surface area contributed by atoms with Crippen molar-refractivity contribution in [3.05, 3.63) is 95.6 Å². The van der Waals surface area contributed by atoms with Gasteiger partial charge < -0.3 is 5.32 Å². The van der Waals surface area contributed by atoms with Crippen LogP contribution >= 0.6 is 0 Å². The van der Waals surface area contributed by atoms with Gasteiger partial charge in [-0.3, -0.25) is 0 Å². The van der Waals surface area contributed by atoms with Gasteiger partial charge in [0, 0.05) is 11.4 Å². The number of benzene rings is 3. The van der Waals surface area contributed by atoms with Crippen molar-refractivity contribution in [2.45, 2.75) is 19.8 Å². The summed E-state index contributed by atoms with van der Waals surface area (Å²) in [5.41, 5.74) is 6.38. The molecule has 0 atom stereocenters. The van der Waals surface area contributed by atoms with Crippen molar-refractivity contribution in [1.29, 1.82) is 0 Å². The topological polar surface area (TPSA) is 12.0 Å². The second-order valence-corrected chi connectivity index (χ2v) is 5.58. The van der Waals surface area contributed by atoms with Crippen LogP contribution in [0, 0.1) is 6.92 Å². The number of aryl methyl sites for hydroxylation is 3. The van der Waals surface area contributed by atoms with E-state index in [1.807, 2.05) is 0 Å². The Bertz CT molecular complexity index is 732. The Hall–Kier alpha value is -2.54. The summed E-state index contributed by atoms with van der Waals surface area (Å²) in [6, 6.07) is 27.6. The van der Waals surface area contributed by atoms with Crippen LogP contribution in [0.4, 0.5) is 11.4 Å². The molecule has 0 saturated heterocycles. The summed E-state index contributed by atoms with van der Waals surface area (Å²) in [7, 11) is 0. The van der Waals surface area contributed by atoms with Crippen molar-refractivity contribution in [3.8, 4) is 0 Å². The third-order valence-corrected chi connectivity index (χ3v) is 3.96. The largest absolute Gasteiger partial charge is 0.355 e. The normalized spacial score (nSPS) is 10.4. The lowest BCUT2D eigenvalue weighted by atomic mass is 10.0. The van der Waals surface area contributed by atoms with Gasteiger partial charge in [0.25, 0.3) is 0 Å². The highest BCUT2D eigenvalue weighted by atomic mass is 14.9. The number of para-hydroxylation sites is 2. The lowest BCUT2D eigenvalue weighted by molar-refractivity contribution is 0.962. The maximum absolute atomic E-state index is 3.58. The molecule has 0 amide bonds. The van der Waals surface area contributed by atoms with Gasteiger partial charge in [-0.05, 0) is 48.6 Å². The SMILES string of the molecule is Cc1ccccc1Nc1ccccc1CCc1ccccc1. The minimum atomic E-state index is 1.04. The molecule has 3 rings (SSSR count). The van der Waals surface area contributed by atoms with E-state index in [1.54, 1.807) is 0 Å². The maximum Gasteiger partial charge on any atom is 0.0416 e. The van der Waals surface area contributed by atoms with Crippen molar-refractivity contribution < 1.29 is 0 Å². The summed E-state index contributed by atoms with van der Waals surface area (Å²) < 4.78 is 0. The van der Waals surface area contributed by atoms with E-state index in [2.05, 4.69) is 91.1 Å². The molecule has 3 aromatic rings. The second kappa shape index (κ2) is 6.95. The van der Waals surface area contributed by atoms with Crippen molar-refractivity contribution in [3.63, 3.8) is 0 Å². The summed E-state index contributed by atoms with van der Waals surface area (Å²) in [6.45, 7) is 2.13. The lowest BCUT2D eigenvalue weighted by Gasteiger charge is -2.14. The first-order valence-corrected chi connectivity index (χ1v) is 7.77. The molecular formula is C21H21N. The third kappa shape index (κ3) is 3.56. The van der Waals surface area contributed by atoms with Gasteiger partial charge >= 0.3 is 0 Å². The Labute approximate surface area is 132 Å². The van der Waals surface area contributed by atoms with Gasteiger partial charge in [0.15, 0.2) is 0 Å². The van der Waals surface area contributed by atoms with Gasteiger partial charge in [-0.1, -0.05) is 66.7 Å². The summed E-state index contributed by atoms with van der Waals surface area (Å²) in [4.78, 5) is 0. The maximum atomic E-state index is 3.58. The molecule has 0 spiro atoms. The lowest BCUT2D eigenvalue weighted by Crippen LogP contribution is -1.99. The fourth-order valence-electron chi connectivity index (χ4n) is 2.64. The van der Waals surface area contributed by atoms with Crippen LogP contribution in [0.3, 0.4) is 0 Å². The molecule has 0 aliphatic heterocycles. The highest BCUT2D eigenvalue weighted by Crippen LogP contribution is 2.24. The molecule has 0 saturated carbocycles. The van der Waals surface area contributed by atoms with Gasteiger partial charge in [0.2, 0.25) is 0 Å². The number of anilines is 2. The van der Waals surface area contributed by atoms with E-state index < -0.39 is 0 Å². The predicted molar refractivity (Wildman–Crippen MR) is 94.8 cm³/mol. The summed E-state index contributed by atoms with van der Waals surface area (Å²) in [5, 5.41) is 3.58. The molecule has 0 aliphatic rings. The van der Waals surface area contributed by atoms with Crippen LogP contribution in [0.2, 0.25) is 0 Å². The zero-order valence-corrected chi connectivity index (χ0v) is 12.9. The van der Waals surface area contributed by atoms with Gasteiger partial charge in [-0.15, -0.1) is 0 Å². The second-order valence-electron chi connectivity index (χ2n) is 5.58. The van der Waals surface area contributed by atoms with Crippen molar-refractivity contribution in [1.82, 2.24) is 0 Å². The van der Waals surface area contributed by atoms with Gasteiger partial charge in [-0.2, -0.15) is 0 Å². The minimum Gasteiger partial charge on any atom is -0.355 e. The Morgan fingerprint density at radius 1 is 0.636 bits per heavy atom. The first kappa shape index (κ1) is 14.4. The van der Waals surface area contributed by atoms with E-state index in [4.69, 9.17) is 0 Å². The zero-order valence-electron chi connectivity index (χ0n) is 12.9. The van der Waals surface area contributed by atoms with Gasteiger partial charge in [0.1, 0.15) is 0 Å². The van der Waals surface area contributed by atoms with E-state index in [1.165, 1.54) is 28.1 Å². The number of hydrogen-bond acceptors (Lipinski definition) is 1. The van der Waals surface area contributed by atoms with Gasteiger partial charge in [-0.25, -0.2) is 0 Å². The van der Waals surface area contributed by atoms with E-state index in [0.29, 0.717) is 0 Å². The molecule has 0 aliphatic carbocycles. The van der Waals surface area contributed by atoms with Crippen LogP contribution in [-0.4, -0.2) is 0 Å². The molecule has 0 fully saturated rings. The van der Waals surface area contributed by atoms with Crippen LogP contribution in [0.25, 0.3) is 0 Å². The molecule has 0 heterocycles. The zero-order chi connectivity index (χ0) is 15.2. The van der Waals surface area contributed by atoms with Crippen molar-refractivity contribution in [2.75, 3.05) is 5.32 Å². The standard InChI is InChI=1S/C21H21N/c1-17-9-5-7-13-20(17)22-21-14-8-6-12-19(21)16-15-18-10-3-2-4-11-18/h2-14,22H,15-16H2,1H3. The summed E-state index contributed by atoms with van der Waals surface area (Å²) >= 11 is 0. The molecule has 0 aromatic heterocycles. The van der Waals surface area contributed by atoms with Crippen LogP contribution < -0.4 is 5.32 Å². The van der Waals surface area contributed by atoms with E-state index >= 15 is 0 Å². The van der Waals surface area contributed by atoms with Crippen LogP contribution in [0.1, 0.15) is 16.7 Å². The molecule has 3 aromatic carbocycles. The quantitative estimate of drug-likeness (QED) is 0.651. The summed E-state index contributed by atoms with van der Waals surface area (Å²) in [6.07, 6.45) is 2.10. The molecule has 1 nitrogen and oxygen atoms in total. The fourth-order valence-corrected chi connectivity index (χ4v) is 2.64. The highest BCUT2D eigenvalue weighted by Gasteiger charge is 2.04. The monoisotopic (exact) mass is 287 g/mol. The molecule has 110 valence electrons. The average molecular weight is 287 g/mol. The first-order valence-electron chi connectivity index (χ1n) is 7.77. The number of nitrogens with one attached hydrogen (secondary N) is 1. The van der Waals surface area contributed by atoms with Crippen LogP contribution in [-0.2, 0) is 12.8 Å². The predicted octanol–water partition coefficient (Wildman–Crippen LogP) is 5.52. The smallest absolute Gasteiger partial charge is 0.0416 e. The molecule has 0 bridgehead atoms. The number of hydrogen-bond donors (Lipinski definition) is 1. The molecule has 1 N–H and O–H groups in total. The van der Waals surface area contributed by atoms with Crippen molar-refractivity contribution in [2.24, 2.45) is 0 Å². The van der Waals surface area contributed by atoms with Crippen LogP contribution in [0.5, 0.6) is 0 Å². The molecule has 22 heavy (non-hydrogen) atoms. The van der Waals surface area contributed by atoms with E-state index in [9.17, 15) is 0 Å². The first-order chi connectivity index (χ1) is 10.8. The molecule has 0 radical (unpaired) electrons. The Morgan fingerprint density at radius 3 is 2.05 bits per heavy atom. The molecule has 1 heteroatoms. The average Bonchev–Trinajstić information content (AvgIpc) is 2.57. The van der Waals surface area contributed by atoms with Gasteiger partial charge in [0.05, 0.1) is 0 Å². The highest BCUT2D eigenvalue weighted by molar-refractivity contribution is 5.65.